The first-order valence-electron chi connectivity index (χ1n) is 10.1. The van der Waals surface area contributed by atoms with Crippen molar-refractivity contribution in [2.75, 3.05) is 17.4 Å². The lowest BCUT2D eigenvalue weighted by atomic mass is 9.86. The third-order valence-electron chi connectivity index (χ3n) is 5.80. The fourth-order valence-electron chi connectivity index (χ4n) is 4.10. The number of fused-ring (bicyclic) bond motifs is 1. The summed E-state index contributed by atoms with van der Waals surface area (Å²) in [6.45, 7) is 4.78. The van der Waals surface area contributed by atoms with Gasteiger partial charge < -0.3 is 4.90 Å². The Bertz CT molecular complexity index is 990. The Hall–Kier alpha value is -2.71. The number of rotatable bonds is 4. The molecule has 148 valence electrons. The minimum absolute atomic E-state index is 0.0924. The van der Waals surface area contributed by atoms with E-state index in [2.05, 4.69) is 67.3 Å². The predicted molar refractivity (Wildman–Crippen MR) is 118 cm³/mol. The molecule has 0 aromatic heterocycles. The van der Waals surface area contributed by atoms with Gasteiger partial charge in [0.15, 0.2) is 0 Å². The molecule has 4 rings (SSSR count). The quantitative estimate of drug-likeness (QED) is 0.718. The molecule has 0 bridgehead atoms. The van der Waals surface area contributed by atoms with Gasteiger partial charge in [-0.1, -0.05) is 68.1 Å². The second kappa shape index (κ2) is 8.34. The Morgan fingerprint density at radius 1 is 1.10 bits per heavy atom. The van der Waals surface area contributed by atoms with Crippen LogP contribution in [0.3, 0.4) is 0 Å². The number of benzene rings is 2. The molecule has 2 aromatic carbocycles. The molecular weight excluding hydrogens is 378 g/mol. The van der Waals surface area contributed by atoms with Crippen molar-refractivity contribution in [1.29, 1.82) is 5.26 Å². The molecule has 4 nitrogen and oxygen atoms in total. The van der Waals surface area contributed by atoms with E-state index in [1.54, 1.807) is 16.7 Å². The number of thioether (sulfide) groups is 1. The van der Waals surface area contributed by atoms with Crippen molar-refractivity contribution in [3.05, 3.63) is 75.8 Å². The van der Waals surface area contributed by atoms with E-state index in [9.17, 15) is 10.1 Å². The molecule has 2 heterocycles. The monoisotopic (exact) mass is 403 g/mol. The summed E-state index contributed by atoms with van der Waals surface area (Å²) in [5, 5.41) is 10.8. The molecule has 5 heteroatoms. The molecule has 0 saturated carbocycles. The van der Waals surface area contributed by atoms with E-state index in [4.69, 9.17) is 0 Å². The number of anilines is 1. The standard InChI is InChI=1S/C24H25N3OS/c1-3-17-9-11-19(12-10-17)20-13-23(28)27-15-26(16-29-24(27)21(20)14-25)22-8-6-5-7-18(22)4-2/h5-12,20H,3-4,13,15-16H2,1-2H3/t20-/m0/s1. The van der Waals surface area contributed by atoms with Gasteiger partial charge in [-0.2, -0.15) is 5.26 Å². The van der Waals surface area contributed by atoms with Crippen molar-refractivity contribution in [2.24, 2.45) is 0 Å². The van der Waals surface area contributed by atoms with Gasteiger partial charge in [-0.05, 0) is 35.6 Å². The molecule has 1 saturated heterocycles. The van der Waals surface area contributed by atoms with Crippen molar-refractivity contribution in [3.63, 3.8) is 0 Å². The lowest BCUT2D eigenvalue weighted by Gasteiger charge is -2.42. The number of hydrogen-bond acceptors (Lipinski definition) is 4. The summed E-state index contributed by atoms with van der Waals surface area (Å²) >= 11 is 1.60. The average molecular weight is 404 g/mol. The molecule has 0 N–H and O–H groups in total. The van der Waals surface area contributed by atoms with Gasteiger partial charge in [-0.25, -0.2) is 0 Å². The minimum atomic E-state index is -0.147. The Balaban J connectivity index is 1.65. The van der Waals surface area contributed by atoms with E-state index in [1.807, 2.05) is 6.07 Å². The minimum Gasteiger partial charge on any atom is -0.343 e. The number of carbonyl (C=O) groups is 1. The molecule has 29 heavy (non-hydrogen) atoms. The molecule has 1 atom stereocenters. The van der Waals surface area contributed by atoms with Gasteiger partial charge in [-0.3, -0.25) is 9.69 Å². The van der Waals surface area contributed by atoms with Gasteiger partial charge in [0.2, 0.25) is 5.91 Å². The van der Waals surface area contributed by atoms with E-state index in [0.29, 0.717) is 13.1 Å². The predicted octanol–water partition coefficient (Wildman–Crippen LogP) is 5.03. The first-order chi connectivity index (χ1) is 14.2. The van der Waals surface area contributed by atoms with Crippen LogP contribution in [0.5, 0.6) is 0 Å². The molecule has 2 aliphatic heterocycles. The van der Waals surface area contributed by atoms with Crippen LogP contribution in [0.4, 0.5) is 5.69 Å². The number of allylic oxidation sites excluding steroid dienone is 1. The molecule has 2 aromatic rings. The second-order valence-corrected chi connectivity index (χ2v) is 8.37. The highest BCUT2D eigenvalue weighted by atomic mass is 32.2. The van der Waals surface area contributed by atoms with Crippen molar-refractivity contribution in [3.8, 4) is 6.07 Å². The third-order valence-corrected chi connectivity index (χ3v) is 6.95. The number of para-hydroxylation sites is 1. The molecular formula is C24H25N3OS. The topological polar surface area (TPSA) is 47.3 Å². The zero-order valence-corrected chi connectivity index (χ0v) is 17.7. The lowest BCUT2D eigenvalue weighted by Crippen LogP contribution is -2.47. The Kier molecular flexibility index (Phi) is 5.64. The normalized spacial score (nSPS) is 19.2. The Labute approximate surface area is 176 Å². The van der Waals surface area contributed by atoms with Gasteiger partial charge in [0.25, 0.3) is 0 Å². The maximum atomic E-state index is 13.1. The van der Waals surface area contributed by atoms with Crippen LogP contribution < -0.4 is 4.90 Å². The van der Waals surface area contributed by atoms with Crippen LogP contribution in [0.1, 0.15) is 42.9 Å². The highest BCUT2D eigenvalue weighted by molar-refractivity contribution is 8.03. The number of carbonyl (C=O) groups excluding carboxylic acids is 1. The third kappa shape index (κ3) is 3.65. The van der Waals surface area contributed by atoms with Crippen LogP contribution in [-0.2, 0) is 17.6 Å². The van der Waals surface area contributed by atoms with E-state index >= 15 is 0 Å². The SMILES string of the molecule is CCc1ccc([C@@H]2CC(=O)N3CN(c4ccccc4CC)CSC3=C2C#N)cc1. The molecule has 1 amide bonds. The van der Waals surface area contributed by atoms with Crippen LogP contribution in [0.25, 0.3) is 0 Å². The summed E-state index contributed by atoms with van der Waals surface area (Å²) in [4.78, 5) is 17.1. The highest BCUT2D eigenvalue weighted by Crippen LogP contribution is 2.43. The number of nitriles is 1. The Morgan fingerprint density at radius 2 is 1.86 bits per heavy atom. The van der Waals surface area contributed by atoms with Crippen molar-refractivity contribution >= 4 is 23.4 Å². The molecule has 0 unspecified atom stereocenters. The highest BCUT2D eigenvalue weighted by Gasteiger charge is 2.38. The number of hydrogen-bond donors (Lipinski definition) is 0. The Morgan fingerprint density at radius 3 is 2.55 bits per heavy atom. The van der Waals surface area contributed by atoms with Gasteiger partial charge in [0.1, 0.15) is 0 Å². The smallest absolute Gasteiger partial charge is 0.229 e. The summed E-state index contributed by atoms with van der Waals surface area (Å²) < 4.78 is 0. The van der Waals surface area contributed by atoms with Gasteiger partial charge in [0.05, 0.1) is 29.2 Å². The fourth-order valence-corrected chi connectivity index (χ4v) is 5.26. The maximum absolute atomic E-state index is 13.1. The fraction of sp³-hybridized carbons (Fsp3) is 0.333. The van der Waals surface area contributed by atoms with E-state index in [0.717, 1.165) is 34.9 Å². The lowest BCUT2D eigenvalue weighted by molar-refractivity contribution is -0.129. The molecule has 1 fully saturated rings. The zero-order chi connectivity index (χ0) is 20.4. The van der Waals surface area contributed by atoms with Crippen LogP contribution in [0, 0.1) is 11.3 Å². The molecule has 0 aliphatic carbocycles. The molecule has 0 radical (unpaired) electrons. The van der Waals surface area contributed by atoms with Crippen molar-refractivity contribution in [1.82, 2.24) is 4.90 Å². The van der Waals surface area contributed by atoms with E-state index in [1.165, 1.54) is 16.8 Å². The van der Waals surface area contributed by atoms with E-state index in [-0.39, 0.29) is 11.8 Å². The number of nitrogens with zero attached hydrogens (tertiary/aromatic N) is 3. The number of aryl methyl sites for hydroxylation is 2. The first-order valence-corrected chi connectivity index (χ1v) is 11.1. The van der Waals surface area contributed by atoms with Crippen molar-refractivity contribution < 1.29 is 4.79 Å². The zero-order valence-electron chi connectivity index (χ0n) is 16.9. The first kappa shape index (κ1) is 19.6. The van der Waals surface area contributed by atoms with Gasteiger partial charge >= 0.3 is 0 Å². The van der Waals surface area contributed by atoms with Crippen LogP contribution >= 0.6 is 11.8 Å². The second-order valence-electron chi connectivity index (χ2n) is 7.44. The molecule has 2 aliphatic rings. The van der Waals surface area contributed by atoms with Gasteiger partial charge in [0, 0.05) is 18.0 Å². The summed E-state index contributed by atoms with van der Waals surface area (Å²) in [5.41, 5.74) is 5.49. The molecule has 0 spiro atoms. The summed E-state index contributed by atoms with van der Waals surface area (Å²) in [7, 11) is 0. The summed E-state index contributed by atoms with van der Waals surface area (Å²) in [5.74, 6) is 0.685. The average Bonchev–Trinajstić information content (AvgIpc) is 2.79. The number of amides is 1. The van der Waals surface area contributed by atoms with E-state index < -0.39 is 0 Å². The van der Waals surface area contributed by atoms with Crippen LogP contribution in [0.15, 0.2) is 59.1 Å². The maximum Gasteiger partial charge on any atom is 0.229 e. The van der Waals surface area contributed by atoms with Crippen LogP contribution in [0.2, 0.25) is 0 Å². The summed E-state index contributed by atoms with van der Waals surface area (Å²) in [6.07, 6.45) is 2.28. The van der Waals surface area contributed by atoms with Gasteiger partial charge in [-0.15, -0.1) is 0 Å². The largest absolute Gasteiger partial charge is 0.343 e. The van der Waals surface area contributed by atoms with Crippen molar-refractivity contribution in [2.45, 2.75) is 39.0 Å². The summed E-state index contributed by atoms with van der Waals surface area (Å²) in [6, 6.07) is 19.1. The van der Waals surface area contributed by atoms with Crippen LogP contribution in [-0.4, -0.2) is 23.4 Å².